The molecule has 0 saturated carbocycles. The van der Waals surface area contributed by atoms with Crippen molar-refractivity contribution in [2.45, 2.75) is 57.4 Å². The van der Waals surface area contributed by atoms with Crippen molar-refractivity contribution in [1.29, 1.82) is 5.26 Å². The second-order valence-corrected chi connectivity index (χ2v) is 9.03. The zero-order valence-corrected chi connectivity index (χ0v) is 19.0. The molecule has 6 nitrogen and oxygen atoms in total. The first-order valence-electron chi connectivity index (χ1n) is 10.7. The smallest absolute Gasteiger partial charge is 0.429 e. The number of rotatable bonds is 4. The maximum absolute atomic E-state index is 14.3. The van der Waals surface area contributed by atoms with Crippen LogP contribution < -0.4 is 4.74 Å². The van der Waals surface area contributed by atoms with Crippen molar-refractivity contribution in [2.24, 2.45) is 0 Å². The fraction of sp³-hybridized carbons (Fsp3) is 0.458. The Kier molecular flexibility index (Phi) is 7.34. The molecule has 1 aromatic heterocycles. The van der Waals surface area contributed by atoms with Crippen LogP contribution in [0.25, 0.3) is 0 Å². The van der Waals surface area contributed by atoms with Crippen LogP contribution in [0, 0.1) is 17.1 Å². The van der Waals surface area contributed by atoms with E-state index < -0.39 is 35.4 Å². The van der Waals surface area contributed by atoms with Gasteiger partial charge in [-0.2, -0.15) is 18.4 Å². The summed E-state index contributed by atoms with van der Waals surface area (Å²) in [5.74, 6) is -1.57. The molecule has 1 aliphatic rings. The van der Waals surface area contributed by atoms with Gasteiger partial charge in [0.25, 0.3) is 0 Å². The first-order chi connectivity index (χ1) is 15.9. The number of hydrogen-bond acceptors (Lipinski definition) is 5. The Hall–Kier alpha value is -3.35. The number of piperidine rings is 1. The standard InChI is InChI=1S/C24H25F4N3O3/c1-23(2,3)34-22(32)31-11-9-16(10-12-31)19-5-4-6-20(30-19)33-21(24(26,27)28)17-8-7-15(14-29)13-18(17)25/h4-8,13,16,21H,9-12H2,1-3H3. The van der Waals surface area contributed by atoms with Crippen molar-refractivity contribution in [3.63, 3.8) is 0 Å². The molecule has 1 atom stereocenters. The quantitative estimate of drug-likeness (QED) is 0.511. The van der Waals surface area contributed by atoms with Gasteiger partial charge in [0.1, 0.15) is 11.4 Å². The van der Waals surface area contributed by atoms with Gasteiger partial charge in [-0.05, 0) is 51.8 Å². The zero-order valence-electron chi connectivity index (χ0n) is 19.0. The summed E-state index contributed by atoms with van der Waals surface area (Å²) in [7, 11) is 0. The Bertz CT molecular complexity index is 1070. The van der Waals surface area contributed by atoms with E-state index in [0.29, 0.717) is 31.6 Å². The predicted octanol–water partition coefficient (Wildman–Crippen LogP) is 5.89. The Morgan fingerprint density at radius 2 is 1.85 bits per heavy atom. The second-order valence-electron chi connectivity index (χ2n) is 9.03. The fourth-order valence-corrected chi connectivity index (χ4v) is 3.64. The average molecular weight is 479 g/mol. The van der Waals surface area contributed by atoms with Crippen molar-refractivity contribution in [3.05, 3.63) is 59.0 Å². The molecule has 182 valence electrons. The largest absolute Gasteiger partial charge is 0.460 e. The number of carbonyl (C=O) groups is 1. The molecule has 10 heteroatoms. The molecule has 0 radical (unpaired) electrons. The number of likely N-dealkylation sites (tertiary alicyclic amines) is 1. The van der Waals surface area contributed by atoms with E-state index in [0.717, 1.165) is 18.2 Å². The molecule has 2 heterocycles. The van der Waals surface area contributed by atoms with E-state index in [1.54, 1.807) is 37.8 Å². The molecule has 1 aromatic carbocycles. The Balaban J connectivity index is 1.73. The molecule has 1 fully saturated rings. The predicted molar refractivity (Wildman–Crippen MR) is 115 cm³/mol. The number of carbonyl (C=O) groups excluding carboxylic acids is 1. The number of aromatic nitrogens is 1. The molecule has 1 saturated heterocycles. The van der Waals surface area contributed by atoms with E-state index in [4.69, 9.17) is 14.7 Å². The number of hydrogen-bond donors (Lipinski definition) is 0. The molecule has 0 bridgehead atoms. The van der Waals surface area contributed by atoms with E-state index in [1.807, 2.05) is 0 Å². The third kappa shape index (κ3) is 6.37. The summed E-state index contributed by atoms with van der Waals surface area (Å²) in [5.41, 5.74) is -0.906. The minimum Gasteiger partial charge on any atom is -0.460 e. The lowest BCUT2D eigenvalue weighted by molar-refractivity contribution is -0.199. The number of pyridine rings is 1. The number of alkyl halides is 3. The molecule has 0 N–H and O–H groups in total. The van der Waals surface area contributed by atoms with Crippen LogP contribution in [0.5, 0.6) is 5.88 Å². The molecule has 3 rings (SSSR count). The summed E-state index contributed by atoms with van der Waals surface area (Å²) < 4.78 is 65.9. The number of amides is 1. The van der Waals surface area contributed by atoms with Crippen LogP contribution >= 0.6 is 0 Å². The molecule has 1 unspecified atom stereocenters. The van der Waals surface area contributed by atoms with Gasteiger partial charge in [0, 0.05) is 36.3 Å². The number of benzene rings is 1. The highest BCUT2D eigenvalue weighted by atomic mass is 19.4. The Morgan fingerprint density at radius 3 is 2.41 bits per heavy atom. The topological polar surface area (TPSA) is 75.4 Å². The summed E-state index contributed by atoms with van der Waals surface area (Å²) in [4.78, 5) is 18.1. The minimum atomic E-state index is -4.91. The summed E-state index contributed by atoms with van der Waals surface area (Å²) in [6.45, 7) is 6.20. The fourth-order valence-electron chi connectivity index (χ4n) is 3.64. The lowest BCUT2D eigenvalue weighted by atomic mass is 9.93. The number of nitriles is 1. The van der Waals surface area contributed by atoms with Crippen LogP contribution in [-0.2, 0) is 4.74 Å². The monoisotopic (exact) mass is 479 g/mol. The van der Waals surface area contributed by atoms with Gasteiger partial charge in [-0.15, -0.1) is 0 Å². The maximum Gasteiger partial charge on any atom is 0.429 e. The van der Waals surface area contributed by atoms with E-state index in [-0.39, 0.29) is 17.4 Å². The molecular weight excluding hydrogens is 454 g/mol. The van der Waals surface area contributed by atoms with E-state index >= 15 is 0 Å². The van der Waals surface area contributed by atoms with Gasteiger partial charge >= 0.3 is 12.3 Å². The van der Waals surface area contributed by atoms with Gasteiger partial charge in [-0.1, -0.05) is 12.1 Å². The molecular formula is C24H25F4N3O3. The normalized spacial score (nSPS) is 16.0. The molecule has 0 aliphatic carbocycles. The van der Waals surface area contributed by atoms with Crippen molar-refractivity contribution in [1.82, 2.24) is 9.88 Å². The van der Waals surface area contributed by atoms with Crippen LogP contribution in [0.2, 0.25) is 0 Å². The lowest BCUT2D eigenvalue weighted by Gasteiger charge is -2.33. The van der Waals surface area contributed by atoms with Crippen LogP contribution in [-0.4, -0.2) is 40.8 Å². The van der Waals surface area contributed by atoms with Gasteiger partial charge in [0.2, 0.25) is 12.0 Å². The summed E-state index contributed by atoms with van der Waals surface area (Å²) in [6, 6.07) is 8.90. The van der Waals surface area contributed by atoms with Gasteiger partial charge in [-0.3, -0.25) is 0 Å². The minimum absolute atomic E-state index is 0.0850. The molecule has 1 amide bonds. The Morgan fingerprint density at radius 1 is 1.18 bits per heavy atom. The highest BCUT2D eigenvalue weighted by molar-refractivity contribution is 5.68. The van der Waals surface area contributed by atoms with Crippen LogP contribution in [0.15, 0.2) is 36.4 Å². The van der Waals surface area contributed by atoms with E-state index in [9.17, 15) is 22.4 Å². The van der Waals surface area contributed by atoms with Crippen LogP contribution in [0.3, 0.4) is 0 Å². The molecule has 0 spiro atoms. The first kappa shape index (κ1) is 25.3. The Labute approximate surface area is 195 Å². The van der Waals surface area contributed by atoms with Crippen molar-refractivity contribution in [2.75, 3.05) is 13.1 Å². The van der Waals surface area contributed by atoms with Crippen LogP contribution in [0.4, 0.5) is 22.4 Å². The third-order valence-electron chi connectivity index (χ3n) is 5.26. The van der Waals surface area contributed by atoms with Gasteiger partial charge in [0.15, 0.2) is 0 Å². The third-order valence-corrected chi connectivity index (χ3v) is 5.26. The van der Waals surface area contributed by atoms with Crippen molar-refractivity contribution in [3.8, 4) is 11.9 Å². The molecule has 1 aliphatic heterocycles. The summed E-state index contributed by atoms with van der Waals surface area (Å²) in [6.07, 6.45) is -6.79. The highest BCUT2D eigenvalue weighted by Crippen LogP contribution is 2.38. The van der Waals surface area contributed by atoms with Gasteiger partial charge in [-0.25, -0.2) is 14.2 Å². The SMILES string of the molecule is CC(C)(C)OC(=O)N1CCC(c2cccc(OC(c3ccc(C#N)cc3F)C(F)(F)F)n2)CC1. The number of nitrogens with zero attached hydrogens (tertiary/aromatic N) is 3. The number of ether oxygens (including phenoxy) is 2. The lowest BCUT2D eigenvalue weighted by Crippen LogP contribution is -2.41. The van der Waals surface area contributed by atoms with Crippen LogP contribution in [0.1, 0.15) is 62.5 Å². The number of halogens is 4. The second kappa shape index (κ2) is 9.87. The zero-order chi connectivity index (χ0) is 25.1. The van der Waals surface area contributed by atoms with E-state index in [2.05, 4.69) is 4.98 Å². The van der Waals surface area contributed by atoms with Crippen molar-refractivity contribution >= 4 is 6.09 Å². The van der Waals surface area contributed by atoms with E-state index in [1.165, 1.54) is 12.1 Å². The van der Waals surface area contributed by atoms with Gasteiger partial charge in [0.05, 0.1) is 11.6 Å². The average Bonchev–Trinajstić information content (AvgIpc) is 2.76. The van der Waals surface area contributed by atoms with Crippen molar-refractivity contribution < 1.29 is 31.8 Å². The molecule has 34 heavy (non-hydrogen) atoms. The maximum atomic E-state index is 14.3. The highest BCUT2D eigenvalue weighted by Gasteiger charge is 2.45. The molecule has 2 aromatic rings. The van der Waals surface area contributed by atoms with Gasteiger partial charge < -0.3 is 14.4 Å². The summed E-state index contributed by atoms with van der Waals surface area (Å²) in [5, 5.41) is 8.83. The summed E-state index contributed by atoms with van der Waals surface area (Å²) >= 11 is 0. The first-order valence-corrected chi connectivity index (χ1v) is 10.7.